The lowest BCUT2D eigenvalue weighted by Gasteiger charge is -2.15. The maximum Gasteiger partial charge on any atom is 0.238 e. The number of rotatable bonds is 3. The summed E-state index contributed by atoms with van der Waals surface area (Å²) in [6.07, 6.45) is 0. The summed E-state index contributed by atoms with van der Waals surface area (Å²) in [4.78, 5) is 14.2. The lowest BCUT2D eigenvalue weighted by atomic mass is 10.1. The summed E-state index contributed by atoms with van der Waals surface area (Å²) in [6, 6.07) is 5.76. The molecule has 2 unspecified atom stereocenters. The molecule has 6 nitrogen and oxygen atoms in total. The minimum absolute atomic E-state index is 0.0354. The third kappa shape index (κ3) is 2.65. The van der Waals surface area contributed by atoms with E-state index in [0.717, 1.165) is 41.5 Å². The van der Waals surface area contributed by atoms with Gasteiger partial charge in [0.2, 0.25) is 5.91 Å². The van der Waals surface area contributed by atoms with Gasteiger partial charge in [0.1, 0.15) is 11.4 Å². The minimum atomic E-state index is -0.0354. The zero-order valence-electron chi connectivity index (χ0n) is 11.2. The second kappa shape index (κ2) is 5.43. The van der Waals surface area contributed by atoms with Gasteiger partial charge < -0.3 is 11.1 Å². The Morgan fingerprint density at radius 3 is 3.10 bits per heavy atom. The number of carbonyl (C=O) groups excluding carboxylic acids is 1. The molecule has 0 spiro atoms. The monoisotopic (exact) mass is 291 g/mol. The van der Waals surface area contributed by atoms with Gasteiger partial charge in [0, 0.05) is 19.1 Å². The van der Waals surface area contributed by atoms with E-state index < -0.39 is 0 Å². The van der Waals surface area contributed by atoms with E-state index in [0.29, 0.717) is 12.5 Å². The van der Waals surface area contributed by atoms with Crippen LogP contribution in [0.1, 0.15) is 6.92 Å². The molecular formula is C13H17N5OS. The lowest BCUT2D eigenvalue weighted by Crippen LogP contribution is -2.33. The van der Waals surface area contributed by atoms with Crippen LogP contribution in [0, 0.1) is 5.92 Å². The molecule has 1 amide bonds. The number of nitrogens with two attached hydrogens (primary N) is 1. The topological polar surface area (TPSA) is 83.1 Å². The first kappa shape index (κ1) is 13.4. The fourth-order valence-electron chi connectivity index (χ4n) is 2.52. The molecule has 3 rings (SSSR count). The molecule has 20 heavy (non-hydrogen) atoms. The molecular weight excluding hydrogens is 274 g/mol. The molecule has 0 saturated carbocycles. The lowest BCUT2D eigenvalue weighted by molar-refractivity contribution is -0.117. The van der Waals surface area contributed by atoms with Crippen molar-refractivity contribution >= 4 is 34.3 Å². The van der Waals surface area contributed by atoms with Crippen molar-refractivity contribution in [2.45, 2.75) is 13.0 Å². The van der Waals surface area contributed by atoms with Crippen LogP contribution in [0.2, 0.25) is 0 Å². The standard InChI is InChI=1S/C13H17N5OS/c1-8-5-18(6-9(8)14)7-12(19)15-10-3-2-4-11-13(10)17-20-16-11/h2-4,8-9H,5-7,14H2,1H3,(H,15,19). The van der Waals surface area contributed by atoms with Crippen molar-refractivity contribution in [3.63, 3.8) is 0 Å². The van der Waals surface area contributed by atoms with Crippen molar-refractivity contribution in [3.8, 4) is 0 Å². The van der Waals surface area contributed by atoms with E-state index in [-0.39, 0.29) is 11.9 Å². The van der Waals surface area contributed by atoms with E-state index in [1.54, 1.807) is 0 Å². The van der Waals surface area contributed by atoms with Crippen LogP contribution < -0.4 is 11.1 Å². The van der Waals surface area contributed by atoms with Gasteiger partial charge in [0.05, 0.1) is 23.6 Å². The Balaban J connectivity index is 1.63. The molecule has 2 aliphatic heterocycles. The highest BCUT2D eigenvalue weighted by Gasteiger charge is 2.27. The molecule has 2 aliphatic rings. The van der Waals surface area contributed by atoms with Crippen molar-refractivity contribution in [3.05, 3.63) is 18.2 Å². The predicted octanol–water partition coefficient (Wildman–Crippen LogP) is 1.63. The van der Waals surface area contributed by atoms with E-state index in [4.69, 9.17) is 5.73 Å². The van der Waals surface area contributed by atoms with Gasteiger partial charge in [-0.05, 0) is 18.1 Å². The molecule has 0 aromatic heterocycles. The fourth-order valence-corrected chi connectivity index (χ4v) is 3.07. The van der Waals surface area contributed by atoms with Gasteiger partial charge in [-0.25, -0.2) is 0 Å². The molecule has 2 atom stereocenters. The predicted molar refractivity (Wildman–Crippen MR) is 80.2 cm³/mol. The number of fused-ring (bicyclic) bond motifs is 1. The van der Waals surface area contributed by atoms with Gasteiger partial charge in [-0.15, -0.1) is 0 Å². The van der Waals surface area contributed by atoms with Crippen LogP contribution in [-0.4, -0.2) is 36.5 Å². The van der Waals surface area contributed by atoms with E-state index in [9.17, 15) is 4.79 Å². The Morgan fingerprint density at radius 1 is 1.50 bits per heavy atom. The van der Waals surface area contributed by atoms with Crippen molar-refractivity contribution < 1.29 is 4.79 Å². The maximum absolute atomic E-state index is 12.1. The second-order valence-electron chi connectivity index (χ2n) is 5.32. The minimum Gasteiger partial charge on any atom is -0.326 e. The number of nitrogens with zero attached hydrogens (tertiary/aromatic N) is 3. The molecule has 106 valence electrons. The first-order valence-corrected chi connectivity index (χ1v) is 7.35. The maximum atomic E-state index is 12.1. The van der Waals surface area contributed by atoms with Gasteiger partial charge in [0.25, 0.3) is 0 Å². The van der Waals surface area contributed by atoms with E-state index in [1.807, 2.05) is 18.2 Å². The summed E-state index contributed by atoms with van der Waals surface area (Å²) in [6.45, 7) is 4.13. The summed E-state index contributed by atoms with van der Waals surface area (Å²) in [7, 11) is 0. The zero-order chi connectivity index (χ0) is 14.1. The molecule has 1 fully saturated rings. The van der Waals surface area contributed by atoms with Gasteiger partial charge in [0.15, 0.2) is 0 Å². The molecule has 3 N–H and O–H groups in total. The van der Waals surface area contributed by atoms with Gasteiger partial charge in [-0.1, -0.05) is 13.0 Å². The summed E-state index contributed by atoms with van der Waals surface area (Å²) >= 11 is 1.15. The third-order valence-corrected chi connectivity index (χ3v) is 4.22. The molecule has 2 heterocycles. The van der Waals surface area contributed by atoms with E-state index in [2.05, 4.69) is 25.9 Å². The first-order valence-electron chi connectivity index (χ1n) is 6.62. The first-order chi connectivity index (χ1) is 9.63. The van der Waals surface area contributed by atoms with Crippen molar-refractivity contribution in [1.29, 1.82) is 0 Å². The largest absolute Gasteiger partial charge is 0.326 e. The number of amides is 1. The van der Waals surface area contributed by atoms with Crippen LogP contribution in [0.5, 0.6) is 0 Å². The zero-order valence-corrected chi connectivity index (χ0v) is 12.1. The van der Waals surface area contributed by atoms with Crippen LogP contribution >= 0.6 is 0 Å². The third-order valence-electron chi connectivity index (χ3n) is 3.67. The van der Waals surface area contributed by atoms with E-state index >= 15 is 0 Å². The highest BCUT2D eigenvalue weighted by molar-refractivity contribution is 7.58. The van der Waals surface area contributed by atoms with Crippen LogP contribution in [0.4, 0.5) is 17.1 Å². The molecule has 0 bridgehead atoms. The number of carbonyl (C=O) groups is 1. The Labute approximate surface area is 121 Å². The molecule has 0 radical (unpaired) electrons. The molecule has 1 saturated heterocycles. The average Bonchev–Trinajstić information content (AvgIpc) is 2.98. The number of benzene rings is 1. The number of likely N-dealkylation sites (tertiary alicyclic amines) is 1. The summed E-state index contributed by atoms with van der Waals surface area (Å²) in [5, 5.41) is 2.91. The highest BCUT2D eigenvalue weighted by atomic mass is 32.1. The number of hydrogen-bond donors (Lipinski definition) is 2. The Kier molecular flexibility index (Phi) is 3.64. The molecule has 1 aromatic rings. The van der Waals surface area contributed by atoms with Crippen molar-refractivity contribution in [2.24, 2.45) is 20.4 Å². The Hall–Kier alpha value is -1.57. The number of hydrogen-bond acceptors (Lipinski definition) is 5. The number of anilines is 1. The van der Waals surface area contributed by atoms with Crippen LogP contribution in [-0.2, 0) is 16.1 Å². The van der Waals surface area contributed by atoms with Gasteiger partial charge >= 0.3 is 0 Å². The molecule has 1 aromatic carbocycles. The summed E-state index contributed by atoms with van der Waals surface area (Å²) in [5.74, 6) is 0.403. The van der Waals surface area contributed by atoms with Gasteiger partial charge in [-0.2, -0.15) is 8.73 Å². The van der Waals surface area contributed by atoms with Crippen molar-refractivity contribution in [2.75, 3.05) is 25.0 Å². The van der Waals surface area contributed by atoms with Gasteiger partial charge in [-0.3, -0.25) is 9.69 Å². The van der Waals surface area contributed by atoms with Crippen LogP contribution in [0.15, 0.2) is 26.9 Å². The Bertz CT molecular complexity index is 601. The number of nitrogens with one attached hydrogen (secondary N) is 1. The quantitative estimate of drug-likeness (QED) is 0.901. The average molecular weight is 291 g/mol. The SMILES string of the molecule is CC1CN(CC(=O)Nc2cccc3c2N=S=N3)CC1N. The van der Waals surface area contributed by atoms with Crippen LogP contribution in [0.3, 0.4) is 0 Å². The van der Waals surface area contributed by atoms with Crippen LogP contribution in [0.25, 0.3) is 0 Å². The second-order valence-corrected chi connectivity index (χ2v) is 5.85. The normalized spacial score (nSPS) is 24.5. The Morgan fingerprint density at radius 2 is 2.35 bits per heavy atom. The summed E-state index contributed by atoms with van der Waals surface area (Å²) in [5.41, 5.74) is 8.24. The van der Waals surface area contributed by atoms with Crippen molar-refractivity contribution in [1.82, 2.24) is 4.90 Å². The summed E-state index contributed by atoms with van der Waals surface area (Å²) < 4.78 is 8.37. The fraction of sp³-hybridized carbons (Fsp3) is 0.462. The molecule has 7 heteroatoms. The van der Waals surface area contributed by atoms with E-state index in [1.165, 1.54) is 0 Å². The highest BCUT2D eigenvalue weighted by Crippen LogP contribution is 2.38. The smallest absolute Gasteiger partial charge is 0.238 e. The molecule has 0 aliphatic carbocycles.